The van der Waals surface area contributed by atoms with Crippen molar-refractivity contribution in [2.24, 2.45) is 0 Å². The average Bonchev–Trinajstić information content (AvgIpc) is 2.55. The first-order chi connectivity index (χ1) is 10.7. The third-order valence-electron chi connectivity index (χ3n) is 3.25. The summed E-state index contributed by atoms with van der Waals surface area (Å²) in [6, 6.07) is 16.8. The quantitative estimate of drug-likeness (QED) is 0.713. The number of carbonyl (C=O) groups is 1. The lowest BCUT2D eigenvalue weighted by Gasteiger charge is -2.19. The van der Waals surface area contributed by atoms with Crippen LogP contribution in [0.1, 0.15) is 18.0 Å². The van der Waals surface area contributed by atoms with E-state index in [2.05, 4.69) is 10.6 Å². The van der Waals surface area contributed by atoms with Gasteiger partial charge in [-0.25, -0.2) is 4.79 Å². The average molecular weight is 316 g/mol. The van der Waals surface area contributed by atoms with Crippen LogP contribution >= 0.6 is 11.8 Å². The molecule has 2 aromatic carbocycles. The molecule has 0 bridgehead atoms. The Hall–Kier alpha value is -1.98. The molecule has 0 aromatic heterocycles. The first kappa shape index (κ1) is 16.4. The van der Waals surface area contributed by atoms with Gasteiger partial charge in [0.1, 0.15) is 0 Å². The predicted molar refractivity (Wildman–Crippen MR) is 91.3 cm³/mol. The molecule has 22 heavy (non-hydrogen) atoms. The number of aliphatic hydroxyl groups is 1. The minimum absolute atomic E-state index is 0.0157. The monoisotopic (exact) mass is 316 g/mol. The van der Waals surface area contributed by atoms with E-state index in [4.69, 9.17) is 0 Å². The number of benzene rings is 2. The van der Waals surface area contributed by atoms with Gasteiger partial charge in [-0.2, -0.15) is 0 Å². The molecular formula is C17H20N2O2S. The number of amides is 2. The topological polar surface area (TPSA) is 61.4 Å². The molecule has 0 aliphatic rings. The normalized spacial score (nSPS) is 11.7. The molecule has 0 fully saturated rings. The van der Waals surface area contributed by atoms with Crippen LogP contribution in [0.5, 0.6) is 0 Å². The van der Waals surface area contributed by atoms with Crippen molar-refractivity contribution in [3.05, 3.63) is 60.2 Å². The molecule has 0 aliphatic carbocycles. The Bertz CT molecular complexity index is 605. The van der Waals surface area contributed by atoms with Crippen LogP contribution in [0.4, 0.5) is 10.5 Å². The summed E-state index contributed by atoms with van der Waals surface area (Å²) < 4.78 is 0. The van der Waals surface area contributed by atoms with E-state index in [1.165, 1.54) is 0 Å². The first-order valence-corrected chi connectivity index (χ1v) is 8.33. The number of carbonyl (C=O) groups excluding carboxylic acids is 1. The molecule has 3 N–H and O–H groups in total. The summed E-state index contributed by atoms with van der Waals surface area (Å²) in [5, 5.41) is 14.9. The minimum Gasteiger partial charge on any atom is -0.396 e. The van der Waals surface area contributed by atoms with Crippen molar-refractivity contribution >= 4 is 23.5 Å². The molecule has 4 nitrogen and oxygen atoms in total. The molecule has 0 unspecified atom stereocenters. The highest BCUT2D eigenvalue weighted by Gasteiger charge is 2.14. The van der Waals surface area contributed by atoms with Gasteiger partial charge in [0.15, 0.2) is 0 Å². The second-order valence-corrected chi connectivity index (χ2v) is 5.69. The van der Waals surface area contributed by atoms with Crippen molar-refractivity contribution in [1.82, 2.24) is 5.32 Å². The summed E-state index contributed by atoms with van der Waals surface area (Å²) in [5.41, 5.74) is 1.73. The van der Waals surface area contributed by atoms with E-state index in [0.717, 1.165) is 16.1 Å². The van der Waals surface area contributed by atoms with E-state index >= 15 is 0 Å². The molecule has 5 heteroatoms. The third-order valence-corrected chi connectivity index (χ3v) is 3.98. The smallest absolute Gasteiger partial charge is 0.319 e. The van der Waals surface area contributed by atoms with E-state index in [1.54, 1.807) is 11.8 Å². The second-order valence-electron chi connectivity index (χ2n) is 4.81. The van der Waals surface area contributed by atoms with Crippen LogP contribution in [-0.2, 0) is 0 Å². The van der Waals surface area contributed by atoms with Crippen LogP contribution in [0.2, 0.25) is 0 Å². The Morgan fingerprint density at radius 3 is 2.64 bits per heavy atom. The van der Waals surface area contributed by atoms with Gasteiger partial charge >= 0.3 is 6.03 Å². The zero-order chi connectivity index (χ0) is 15.8. The van der Waals surface area contributed by atoms with Gasteiger partial charge in [-0.3, -0.25) is 0 Å². The lowest BCUT2D eigenvalue weighted by molar-refractivity contribution is 0.239. The van der Waals surface area contributed by atoms with Gasteiger partial charge < -0.3 is 15.7 Å². The van der Waals surface area contributed by atoms with Gasteiger partial charge in [0, 0.05) is 17.2 Å². The minimum atomic E-state index is -0.277. The number of urea groups is 1. The lowest BCUT2D eigenvalue weighted by Crippen LogP contribution is -2.33. The Labute approximate surface area is 134 Å². The molecule has 2 rings (SSSR count). The van der Waals surface area contributed by atoms with Gasteiger partial charge in [-0.05, 0) is 36.4 Å². The van der Waals surface area contributed by atoms with E-state index < -0.39 is 0 Å². The number of thioether (sulfide) groups is 1. The summed E-state index contributed by atoms with van der Waals surface area (Å²) in [6.07, 6.45) is 2.47. The van der Waals surface area contributed by atoms with Crippen molar-refractivity contribution in [1.29, 1.82) is 0 Å². The third kappa shape index (κ3) is 4.79. The van der Waals surface area contributed by atoms with Gasteiger partial charge in [-0.15, -0.1) is 11.8 Å². The van der Waals surface area contributed by atoms with Crippen LogP contribution in [0.25, 0.3) is 0 Å². The Balaban J connectivity index is 2.02. The summed E-state index contributed by atoms with van der Waals surface area (Å²) >= 11 is 1.62. The maximum atomic E-state index is 12.2. The molecule has 0 saturated heterocycles. The Morgan fingerprint density at radius 2 is 1.95 bits per heavy atom. The molecule has 116 valence electrons. The highest BCUT2D eigenvalue weighted by Crippen LogP contribution is 2.20. The number of aliphatic hydroxyl groups excluding tert-OH is 1. The molecule has 0 heterocycles. The SMILES string of the molecule is CSc1cccc(NC(=O)N[C@H](CCO)c2ccccc2)c1. The van der Waals surface area contributed by atoms with Crippen LogP contribution in [0, 0.1) is 0 Å². The maximum Gasteiger partial charge on any atom is 0.319 e. The van der Waals surface area contributed by atoms with Gasteiger partial charge in [0.2, 0.25) is 0 Å². The largest absolute Gasteiger partial charge is 0.396 e. The molecular weight excluding hydrogens is 296 g/mol. The summed E-state index contributed by atoms with van der Waals surface area (Å²) in [5.74, 6) is 0. The standard InChI is InChI=1S/C17H20N2O2S/c1-22-15-9-5-8-14(12-15)18-17(21)19-16(10-11-20)13-6-3-2-4-7-13/h2-9,12,16,20H,10-11H2,1H3,(H2,18,19,21)/t16-/m1/s1. The van der Waals surface area contributed by atoms with Crippen LogP contribution in [-0.4, -0.2) is 24.0 Å². The highest BCUT2D eigenvalue weighted by molar-refractivity contribution is 7.98. The first-order valence-electron chi connectivity index (χ1n) is 7.10. The fourth-order valence-electron chi connectivity index (χ4n) is 2.16. The molecule has 2 amide bonds. The molecule has 0 spiro atoms. The summed E-state index contributed by atoms with van der Waals surface area (Å²) in [4.78, 5) is 13.3. The molecule has 0 saturated carbocycles. The zero-order valence-corrected chi connectivity index (χ0v) is 13.3. The molecule has 2 aromatic rings. The molecule has 0 aliphatic heterocycles. The Morgan fingerprint density at radius 1 is 1.18 bits per heavy atom. The van der Waals surface area contributed by atoms with Crippen molar-refractivity contribution in [3.8, 4) is 0 Å². The van der Waals surface area contributed by atoms with E-state index in [-0.39, 0.29) is 18.7 Å². The van der Waals surface area contributed by atoms with E-state index in [9.17, 15) is 9.90 Å². The van der Waals surface area contributed by atoms with Crippen molar-refractivity contribution in [3.63, 3.8) is 0 Å². The van der Waals surface area contributed by atoms with Gasteiger partial charge in [-0.1, -0.05) is 36.4 Å². The number of nitrogens with one attached hydrogen (secondary N) is 2. The fourth-order valence-corrected chi connectivity index (χ4v) is 2.62. The lowest BCUT2D eigenvalue weighted by atomic mass is 10.0. The maximum absolute atomic E-state index is 12.2. The van der Waals surface area contributed by atoms with Crippen LogP contribution in [0.15, 0.2) is 59.5 Å². The number of hydrogen-bond donors (Lipinski definition) is 3. The van der Waals surface area contributed by atoms with Gasteiger partial charge in [0.25, 0.3) is 0 Å². The predicted octanol–water partition coefficient (Wildman–Crippen LogP) is 3.65. The molecule has 1 atom stereocenters. The van der Waals surface area contributed by atoms with Crippen molar-refractivity contribution in [2.75, 3.05) is 18.2 Å². The number of hydrogen-bond acceptors (Lipinski definition) is 3. The van der Waals surface area contributed by atoms with Crippen LogP contribution < -0.4 is 10.6 Å². The van der Waals surface area contributed by atoms with E-state index in [1.807, 2.05) is 60.9 Å². The molecule has 0 radical (unpaired) electrons. The van der Waals surface area contributed by atoms with Crippen molar-refractivity contribution < 1.29 is 9.90 Å². The number of anilines is 1. The Kier molecular flexibility index (Phi) is 6.30. The van der Waals surface area contributed by atoms with Crippen LogP contribution in [0.3, 0.4) is 0 Å². The second kappa shape index (κ2) is 8.46. The highest BCUT2D eigenvalue weighted by atomic mass is 32.2. The summed E-state index contributed by atoms with van der Waals surface area (Å²) in [7, 11) is 0. The van der Waals surface area contributed by atoms with E-state index in [0.29, 0.717) is 6.42 Å². The number of rotatable bonds is 6. The van der Waals surface area contributed by atoms with Crippen molar-refractivity contribution in [2.45, 2.75) is 17.4 Å². The zero-order valence-electron chi connectivity index (χ0n) is 12.5. The fraction of sp³-hybridized carbons (Fsp3) is 0.235. The van der Waals surface area contributed by atoms with Gasteiger partial charge in [0.05, 0.1) is 6.04 Å². The summed E-state index contributed by atoms with van der Waals surface area (Å²) in [6.45, 7) is 0.0157.